The van der Waals surface area contributed by atoms with Gasteiger partial charge in [-0.1, -0.05) is 6.07 Å². The number of sulfonamides is 1. The van der Waals surface area contributed by atoms with E-state index < -0.39 is 10.0 Å². The smallest absolute Gasteiger partial charge is 0.241 e. The average molecular weight is 379 g/mol. The normalized spacial score (nSPS) is 17.0. The van der Waals surface area contributed by atoms with E-state index in [1.165, 1.54) is 6.07 Å². The number of halogens is 1. The Hall–Kier alpha value is -0.510. The van der Waals surface area contributed by atoms with Crippen LogP contribution in [0.5, 0.6) is 0 Å². The molecule has 118 valence electrons. The first-order valence-electron chi connectivity index (χ1n) is 6.72. The van der Waals surface area contributed by atoms with Gasteiger partial charge in [-0.2, -0.15) is 0 Å². The first-order valence-corrected chi connectivity index (χ1v) is 8.99. The maximum atomic E-state index is 12.2. The van der Waals surface area contributed by atoms with Crippen LogP contribution in [0.4, 0.5) is 0 Å². The van der Waals surface area contributed by atoms with Crippen molar-refractivity contribution in [3.8, 4) is 0 Å². The molecule has 2 N–H and O–H groups in total. The molecule has 0 atom stereocenters. The SMILES string of the molecule is O=S(=O)(NCCN1CCOCC1)c1ccc(CO)cc1Br. The van der Waals surface area contributed by atoms with Gasteiger partial charge in [0.2, 0.25) is 10.0 Å². The minimum atomic E-state index is -3.55. The molecule has 21 heavy (non-hydrogen) atoms. The summed E-state index contributed by atoms with van der Waals surface area (Å²) >= 11 is 3.24. The van der Waals surface area contributed by atoms with Gasteiger partial charge in [-0.3, -0.25) is 4.90 Å². The summed E-state index contributed by atoms with van der Waals surface area (Å²) in [7, 11) is -3.55. The van der Waals surface area contributed by atoms with Crippen LogP contribution in [-0.2, 0) is 21.4 Å². The summed E-state index contributed by atoms with van der Waals surface area (Å²) < 4.78 is 32.8. The van der Waals surface area contributed by atoms with Gasteiger partial charge in [-0.15, -0.1) is 0 Å². The fourth-order valence-corrected chi connectivity index (χ4v) is 4.25. The van der Waals surface area contributed by atoms with Gasteiger partial charge in [0.25, 0.3) is 0 Å². The van der Waals surface area contributed by atoms with E-state index >= 15 is 0 Å². The molecule has 1 fully saturated rings. The van der Waals surface area contributed by atoms with E-state index in [0.29, 0.717) is 36.3 Å². The van der Waals surface area contributed by atoms with Gasteiger partial charge in [0.05, 0.1) is 24.7 Å². The molecule has 0 saturated carbocycles. The third kappa shape index (κ3) is 4.73. The van der Waals surface area contributed by atoms with Crippen molar-refractivity contribution in [3.05, 3.63) is 28.2 Å². The summed E-state index contributed by atoms with van der Waals surface area (Å²) in [6.45, 7) is 3.95. The molecule has 1 saturated heterocycles. The van der Waals surface area contributed by atoms with Crippen molar-refractivity contribution >= 4 is 26.0 Å². The second-order valence-corrected chi connectivity index (χ2v) is 7.36. The van der Waals surface area contributed by atoms with E-state index in [1.807, 2.05) is 0 Å². The molecular formula is C13H19BrN2O4S. The highest BCUT2D eigenvalue weighted by atomic mass is 79.9. The number of hydrogen-bond donors (Lipinski definition) is 2. The number of hydrogen-bond acceptors (Lipinski definition) is 5. The summed E-state index contributed by atoms with van der Waals surface area (Å²) in [6, 6.07) is 4.70. The number of benzene rings is 1. The summed E-state index contributed by atoms with van der Waals surface area (Å²) in [4.78, 5) is 2.34. The van der Waals surface area contributed by atoms with Crippen LogP contribution in [-0.4, -0.2) is 57.8 Å². The van der Waals surface area contributed by atoms with Crippen molar-refractivity contribution in [3.63, 3.8) is 0 Å². The van der Waals surface area contributed by atoms with Crippen molar-refractivity contribution in [1.82, 2.24) is 9.62 Å². The summed E-state index contributed by atoms with van der Waals surface area (Å²) in [5.74, 6) is 0. The van der Waals surface area contributed by atoms with Gasteiger partial charge >= 0.3 is 0 Å². The Labute approximate surface area is 133 Å². The molecule has 0 spiro atoms. The number of aliphatic hydroxyl groups is 1. The van der Waals surface area contributed by atoms with E-state index in [-0.39, 0.29) is 11.5 Å². The molecule has 1 aromatic rings. The number of aliphatic hydroxyl groups excluding tert-OH is 1. The number of rotatable bonds is 6. The Morgan fingerprint density at radius 2 is 2.05 bits per heavy atom. The highest BCUT2D eigenvalue weighted by molar-refractivity contribution is 9.10. The maximum Gasteiger partial charge on any atom is 0.241 e. The molecule has 0 aromatic heterocycles. The van der Waals surface area contributed by atoms with Crippen LogP contribution >= 0.6 is 15.9 Å². The molecule has 6 nitrogen and oxygen atoms in total. The van der Waals surface area contributed by atoms with Crippen molar-refractivity contribution in [2.75, 3.05) is 39.4 Å². The third-order valence-electron chi connectivity index (χ3n) is 3.29. The minimum Gasteiger partial charge on any atom is -0.392 e. The molecule has 0 bridgehead atoms. The number of morpholine rings is 1. The highest BCUT2D eigenvalue weighted by Crippen LogP contribution is 2.23. The Balaban J connectivity index is 1.94. The molecule has 0 aliphatic carbocycles. The molecule has 8 heteroatoms. The highest BCUT2D eigenvalue weighted by Gasteiger charge is 2.18. The second-order valence-electron chi connectivity index (χ2n) is 4.77. The first kappa shape index (κ1) is 16.9. The minimum absolute atomic E-state index is 0.122. The van der Waals surface area contributed by atoms with E-state index in [1.54, 1.807) is 12.1 Å². The number of ether oxygens (including phenoxy) is 1. The van der Waals surface area contributed by atoms with Crippen molar-refractivity contribution in [1.29, 1.82) is 0 Å². The summed E-state index contributed by atoms with van der Waals surface area (Å²) in [6.07, 6.45) is 0. The fraction of sp³-hybridized carbons (Fsp3) is 0.538. The molecule has 1 heterocycles. The Morgan fingerprint density at radius 3 is 2.67 bits per heavy atom. The Kier molecular flexibility index (Phi) is 6.15. The molecule has 0 amide bonds. The molecule has 2 rings (SSSR count). The third-order valence-corrected chi connectivity index (χ3v) is 5.73. The van der Waals surface area contributed by atoms with E-state index in [2.05, 4.69) is 25.6 Å². The van der Waals surface area contributed by atoms with Gasteiger partial charge in [0.1, 0.15) is 0 Å². The summed E-state index contributed by atoms with van der Waals surface area (Å²) in [5.41, 5.74) is 0.661. The molecule has 1 aromatic carbocycles. The van der Waals surface area contributed by atoms with Crippen LogP contribution in [0.25, 0.3) is 0 Å². The van der Waals surface area contributed by atoms with Crippen LogP contribution in [0, 0.1) is 0 Å². The summed E-state index contributed by atoms with van der Waals surface area (Å²) in [5, 5.41) is 9.04. The topological polar surface area (TPSA) is 78.9 Å². The molecular weight excluding hydrogens is 360 g/mol. The lowest BCUT2D eigenvalue weighted by Gasteiger charge is -2.26. The molecule has 1 aliphatic rings. The van der Waals surface area contributed by atoms with Gasteiger partial charge in [-0.25, -0.2) is 13.1 Å². The van der Waals surface area contributed by atoms with Crippen molar-refractivity contribution < 1.29 is 18.3 Å². The Bertz CT molecular complexity index is 574. The van der Waals surface area contributed by atoms with Crippen LogP contribution in [0.3, 0.4) is 0 Å². The van der Waals surface area contributed by atoms with Crippen LogP contribution in [0.15, 0.2) is 27.6 Å². The second kappa shape index (κ2) is 7.66. The van der Waals surface area contributed by atoms with Crippen molar-refractivity contribution in [2.24, 2.45) is 0 Å². The van der Waals surface area contributed by atoms with Gasteiger partial charge in [0.15, 0.2) is 0 Å². The van der Waals surface area contributed by atoms with Gasteiger partial charge in [0, 0.05) is 30.7 Å². The van der Waals surface area contributed by atoms with Gasteiger partial charge < -0.3 is 9.84 Å². The molecule has 0 unspecified atom stereocenters. The number of nitrogens with zero attached hydrogens (tertiary/aromatic N) is 1. The standard InChI is InChI=1S/C13H19BrN2O4S/c14-12-9-11(10-17)1-2-13(12)21(18,19)15-3-4-16-5-7-20-8-6-16/h1-2,9,15,17H,3-8,10H2. The Morgan fingerprint density at radius 1 is 1.33 bits per heavy atom. The van der Waals surface area contributed by atoms with Crippen molar-refractivity contribution in [2.45, 2.75) is 11.5 Å². The quantitative estimate of drug-likeness (QED) is 0.755. The van der Waals surface area contributed by atoms with Gasteiger partial charge in [-0.05, 0) is 33.6 Å². The lowest BCUT2D eigenvalue weighted by Crippen LogP contribution is -2.41. The lowest BCUT2D eigenvalue weighted by molar-refractivity contribution is 0.0390. The predicted molar refractivity (Wildman–Crippen MR) is 82.5 cm³/mol. The fourth-order valence-electron chi connectivity index (χ4n) is 2.10. The van der Waals surface area contributed by atoms with E-state index in [0.717, 1.165) is 13.1 Å². The van der Waals surface area contributed by atoms with Crippen LogP contribution in [0.1, 0.15) is 5.56 Å². The van der Waals surface area contributed by atoms with Crippen LogP contribution in [0.2, 0.25) is 0 Å². The monoisotopic (exact) mass is 378 g/mol. The zero-order valence-corrected chi connectivity index (χ0v) is 14.0. The first-order chi connectivity index (χ1) is 10.0. The zero-order valence-electron chi connectivity index (χ0n) is 11.6. The molecule has 0 radical (unpaired) electrons. The lowest BCUT2D eigenvalue weighted by atomic mass is 10.2. The largest absolute Gasteiger partial charge is 0.392 e. The predicted octanol–water partition coefficient (Wildman–Crippen LogP) is 0.552. The van der Waals surface area contributed by atoms with E-state index in [9.17, 15) is 8.42 Å². The van der Waals surface area contributed by atoms with Crippen LogP contribution < -0.4 is 4.72 Å². The molecule has 1 aliphatic heterocycles. The maximum absolute atomic E-state index is 12.2. The zero-order chi connectivity index (χ0) is 15.3. The number of nitrogens with one attached hydrogen (secondary N) is 1. The average Bonchev–Trinajstić information content (AvgIpc) is 2.47. The van der Waals surface area contributed by atoms with E-state index in [4.69, 9.17) is 9.84 Å².